The van der Waals surface area contributed by atoms with Crippen LogP contribution in [0.5, 0.6) is 11.5 Å². The Hall–Kier alpha value is -1.75. The van der Waals surface area contributed by atoms with Gasteiger partial charge in [0.05, 0.1) is 6.61 Å². The Morgan fingerprint density at radius 2 is 2.16 bits per heavy atom. The van der Waals surface area contributed by atoms with E-state index in [9.17, 15) is 4.79 Å². The smallest absolute Gasteiger partial charge is 0.258 e. The lowest BCUT2D eigenvalue weighted by Crippen LogP contribution is -2.31. The molecule has 0 radical (unpaired) electrons. The number of hydrogen-bond acceptors (Lipinski definition) is 4. The highest BCUT2D eigenvalue weighted by Crippen LogP contribution is 2.26. The fraction of sp³-hybridized carbons (Fsp3) is 0.500. The Balaban J connectivity index is 2.90. The average molecular weight is 266 g/mol. The molecule has 0 saturated carbocycles. The molecule has 4 N–H and O–H groups in total. The number of carbonyl (C=O) groups excluding carboxylic acids is 1. The van der Waals surface area contributed by atoms with Gasteiger partial charge in [-0.25, -0.2) is 0 Å². The van der Waals surface area contributed by atoms with Crippen LogP contribution >= 0.6 is 0 Å². The van der Waals surface area contributed by atoms with E-state index in [0.29, 0.717) is 31.1 Å². The predicted octanol–water partition coefficient (Wildman–Crippen LogP) is 1.23. The Morgan fingerprint density at radius 1 is 1.42 bits per heavy atom. The molecule has 1 amide bonds. The molecule has 1 rings (SSSR count). The van der Waals surface area contributed by atoms with E-state index in [1.807, 2.05) is 19.1 Å². The maximum absolute atomic E-state index is 11.1. The fourth-order valence-corrected chi connectivity index (χ4v) is 1.56. The third-order valence-corrected chi connectivity index (χ3v) is 2.63. The Labute approximate surface area is 113 Å². The van der Waals surface area contributed by atoms with Crippen molar-refractivity contribution in [3.05, 3.63) is 23.8 Å². The van der Waals surface area contributed by atoms with Crippen LogP contribution in [0.4, 0.5) is 0 Å². The van der Waals surface area contributed by atoms with Crippen LogP contribution in [0.2, 0.25) is 0 Å². The van der Waals surface area contributed by atoms with Crippen molar-refractivity contribution in [3.63, 3.8) is 0 Å². The van der Waals surface area contributed by atoms with Crippen molar-refractivity contribution in [2.24, 2.45) is 11.5 Å². The van der Waals surface area contributed by atoms with Crippen molar-refractivity contribution in [3.8, 4) is 11.5 Å². The highest BCUT2D eigenvalue weighted by atomic mass is 16.5. The number of carbonyl (C=O) groups is 1. The second-order valence-electron chi connectivity index (χ2n) is 4.32. The summed E-state index contributed by atoms with van der Waals surface area (Å²) in [6.07, 6.45) is 0.922. The molecule has 0 aromatic heterocycles. The largest absolute Gasteiger partial charge is 0.493 e. The summed E-state index contributed by atoms with van der Waals surface area (Å²) in [5.41, 5.74) is 11.7. The Kier molecular flexibility index (Phi) is 6.15. The molecule has 1 aromatic rings. The number of nitrogens with two attached hydrogens (primary N) is 2. The summed E-state index contributed by atoms with van der Waals surface area (Å²) in [6.45, 7) is 4.81. The highest BCUT2D eigenvalue weighted by Gasteiger charge is 2.13. The molecule has 0 saturated heterocycles. The van der Waals surface area contributed by atoms with Gasteiger partial charge in [0, 0.05) is 6.07 Å². The SMILES string of the molecule is CCCOc1ccc(CCN)c(OC(C)C(N)=O)c1. The monoisotopic (exact) mass is 266 g/mol. The van der Waals surface area contributed by atoms with E-state index in [4.69, 9.17) is 20.9 Å². The molecule has 1 unspecified atom stereocenters. The molecule has 0 heterocycles. The average Bonchev–Trinajstić information content (AvgIpc) is 2.39. The lowest BCUT2D eigenvalue weighted by atomic mass is 10.1. The van der Waals surface area contributed by atoms with Crippen molar-refractivity contribution in [2.45, 2.75) is 32.8 Å². The second kappa shape index (κ2) is 7.63. The second-order valence-corrected chi connectivity index (χ2v) is 4.32. The molecule has 0 fully saturated rings. The summed E-state index contributed by atoms with van der Waals surface area (Å²) < 4.78 is 11.1. The van der Waals surface area contributed by atoms with Gasteiger partial charge in [0.15, 0.2) is 6.10 Å². The summed E-state index contributed by atoms with van der Waals surface area (Å²) in [5.74, 6) is 0.818. The van der Waals surface area contributed by atoms with Crippen molar-refractivity contribution < 1.29 is 14.3 Å². The summed E-state index contributed by atoms with van der Waals surface area (Å²) >= 11 is 0. The van der Waals surface area contributed by atoms with Gasteiger partial charge < -0.3 is 20.9 Å². The fourth-order valence-electron chi connectivity index (χ4n) is 1.56. The van der Waals surface area contributed by atoms with E-state index in [1.54, 1.807) is 13.0 Å². The molecule has 1 atom stereocenters. The number of hydrogen-bond donors (Lipinski definition) is 2. The molecule has 106 valence electrons. The van der Waals surface area contributed by atoms with Gasteiger partial charge in [-0.3, -0.25) is 4.79 Å². The van der Waals surface area contributed by atoms with E-state index in [1.165, 1.54) is 0 Å². The molecule has 0 spiro atoms. The van der Waals surface area contributed by atoms with Gasteiger partial charge in [0.2, 0.25) is 0 Å². The molecule has 0 bridgehead atoms. The maximum Gasteiger partial charge on any atom is 0.258 e. The van der Waals surface area contributed by atoms with Crippen LogP contribution in [0.1, 0.15) is 25.8 Å². The van der Waals surface area contributed by atoms with E-state index in [2.05, 4.69) is 0 Å². The van der Waals surface area contributed by atoms with E-state index in [-0.39, 0.29) is 0 Å². The molecule has 5 nitrogen and oxygen atoms in total. The number of amides is 1. The zero-order valence-electron chi connectivity index (χ0n) is 11.5. The molecule has 0 aliphatic carbocycles. The number of benzene rings is 1. The topological polar surface area (TPSA) is 87.6 Å². The van der Waals surface area contributed by atoms with E-state index < -0.39 is 12.0 Å². The highest BCUT2D eigenvalue weighted by molar-refractivity contribution is 5.78. The minimum atomic E-state index is -0.682. The molecule has 0 aliphatic rings. The van der Waals surface area contributed by atoms with Crippen LogP contribution in [-0.2, 0) is 11.2 Å². The van der Waals surface area contributed by atoms with Crippen molar-refractivity contribution in [1.82, 2.24) is 0 Å². The van der Waals surface area contributed by atoms with Crippen molar-refractivity contribution >= 4 is 5.91 Å². The first-order valence-electron chi connectivity index (χ1n) is 6.50. The number of rotatable bonds is 8. The van der Waals surface area contributed by atoms with Crippen molar-refractivity contribution in [2.75, 3.05) is 13.2 Å². The van der Waals surface area contributed by atoms with E-state index >= 15 is 0 Å². The van der Waals surface area contributed by atoms with Gasteiger partial charge in [-0.1, -0.05) is 13.0 Å². The third kappa shape index (κ3) is 4.79. The first-order valence-corrected chi connectivity index (χ1v) is 6.50. The van der Waals surface area contributed by atoms with Crippen LogP contribution < -0.4 is 20.9 Å². The lowest BCUT2D eigenvalue weighted by molar-refractivity contribution is -0.124. The first-order chi connectivity index (χ1) is 9.08. The molecular formula is C14H22N2O3. The normalized spacial score (nSPS) is 11.9. The minimum Gasteiger partial charge on any atom is -0.493 e. The summed E-state index contributed by atoms with van der Waals surface area (Å²) in [7, 11) is 0. The summed E-state index contributed by atoms with van der Waals surface area (Å²) in [5, 5.41) is 0. The molecular weight excluding hydrogens is 244 g/mol. The molecule has 0 aliphatic heterocycles. The van der Waals surface area contributed by atoms with Crippen LogP contribution in [0.3, 0.4) is 0 Å². The number of ether oxygens (including phenoxy) is 2. The number of primary amides is 1. The van der Waals surface area contributed by atoms with Gasteiger partial charge in [-0.2, -0.15) is 0 Å². The third-order valence-electron chi connectivity index (χ3n) is 2.63. The quantitative estimate of drug-likeness (QED) is 0.740. The lowest BCUT2D eigenvalue weighted by Gasteiger charge is -2.16. The van der Waals surface area contributed by atoms with Gasteiger partial charge in [0.25, 0.3) is 5.91 Å². The zero-order valence-corrected chi connectivity index (χ0v) is 11.5. The van der Waals surface area contributed by atoms with Gasteiger partial charge in [-0.05, 0) is 37.9 Å². The summed E-state index contributed by atoms with van der Waals surface area (Å²) in [4.78, 5) is 11.1. The Morgan fingerprint density at radius 3 is 2.74 bits per heavy atom. The van der Waals surface area contributed by atoms with Gasteiger partial charge in [0.1, 0.15) is 11.5 Å². The molecule has 5 heteroatoms. The predicted molar refractivity (Wildman–Crippen MR) is 74.3 cm³/mol. The zero-order chi connectivity index (χ0) is 14.3. The van der Waals surface area contributed by atoms with Crippen LogP contribution in [-0.4, -0.2) is 25.2 Å². The standard InChI is InChI=1S/C14H22N2O3/c1-3-8-18-12-5-4-11(6-7-15)13(9-12)19-10(2)14(16)17/h4-5,9-10H,3,6-8,15H2,1-2H3,(H2,16,17). The molecule has 19 heavy (non-hydrogen) atoms. The van der Waals surface area contributed by atoms with Crippen molar-refractivity contribution in [1.29, 1.82) is 0 Å². The van der Waals surface area contributed by atoms with E-state index in [0.717, 1.165) is 12.0 Å². The van der Waals surface area contributed by atoms with Gasteiger partial charge >= 0.3 is 0 Å². The molecule has 1 aromatic carbocycles. The van der Waals surface area contributed by atoms with Crippen LogP contribution in [0, 0.1) is 0 Å². The first kappa shape index (κ1) is 15.3. The van der Waals surface area contributed by atoms with Gasteiger partial charge in [-0.15, -0.1) is 0 Å². The minimum absolute atomic E-state index is 0.501. The van der Waals surface area contributed by atoms with Crippen LogP contribution in [0.15, 0.2) is 18.2 Å². The van der Waals surface area contributed by atoms with Crippen LogP contribution in [0.25, 0.3) is 0 Å². The summed E-state index contributed by atoms with van der Waals surface area (Å²) in [6, 6.07) is 5.56. The maximum atomic E-state index is 11.1. The Bertz CT molecular complexity index is 421.